The topological polar surface area (TPSA) is 105 Å². The van der Waals surface area contributed by atoms with Crippen molar-refractivity contribution in [2.45, 2.75) is 11.8 Å². The van der Waals surface area contributed by atoms with Crippen molar-refractivity contribution in [3.8, 4) is 21.8 Å². The van der Waals surface area contributed by atoms with E-state index in [1.165, 1.54) is 17.4 Å². The summed E-state index contributed by atoms with van der Waals surface area (Å²) in [7, 11) is -3.54. The normalized spacial score (nSPS) is 14.7. The van der Waals surface area contributed by atoms with Gasteiger partial charge in [0.1, 0.15) is 22.3 Å². The Morgan fingerprint density at radius 3 is 2.49 bits per heavy atom. The van der Waals surface area contributed by atoms with E-state index >= 15 is 0 Å². The lowest BCUT2D eigenvalue weighted by Gasteiger charge is -2.27. The van der Waals surface area contributed by atoms with Gasteiger partial charge in [-0.1, -0.05) is 18.2 Å². The number of ether oxygens (including phenoxy) is 1. The molecule has 1 fully saturated rings. The summed E-state index contributed by atoms with van der Waals surface area (Å²) in [5, 5.41) is 4.03. The number of halogens is 2. The molecule has 43 heavy (non-hydrogen) atoms. The number of nitrogens with one attached hydrogen (secondary N) is 2. The minimum atomic E-state index is -3.54. The van der Waals surface area contributed by atoms with Crippen molar-refractivity contribution in [3.63, 3.8) is 0 Å². The molecule has 3 aromatic heterocycles. The molecule has 0 spiro atoms. The summed E-state index contributed by atoms with van der Waals surface area (Å²) < 4.78 is 50.1. The van der Waals surface area contributed by atoms with Crippen molar-refractivity contribution in [1.29, 1.82) is 0 Å². The smallest absolute Gasteiger partial charge is 0.227 e. The molecule has 1 aliphatic heterocycles. The van der Waals surface area contributed by atoms with Gasteiger partial charge in [-0.3, -0.25) is 0 Å². The molecule has 5 aromatic rings. The van der Waals surface area contributed by atoms with Gasteiger partial charge in [-0.15, -0.1) is 11.3 Å². The quantitative estimate of drug-likeness (QED) is 0.206. The highest BCUT2D eigenvalue weighted by Crippen LogP contribution is 2.37. The summed E-state index contributed by atoms with van der Waals surface area (Å²) in [6.07, 6.45) is 3.41. The average Bonchev–Trinajstić information content (AvgIpc) is 3.39. The Balaban J connectivity index is 1.25. The van der Waals surface area contributed by atoms with Crippen LogP contribution in [0.3, 0.4) is 0 Å². The number of hydrogen-bond acceptors (Lipinski definition) is 9. The van der Waals surface area contributed by atoms with Gasteiger partial charge in [-0.2, -0.15) is 0 Å². The van der Waals surface area contributed by atoms with Gasteiger partial charge in [0.05, 0.1) is 56.1 Å². The molecule has 6 rings (SSSR count). The zero-order chi connectivity index (χ0) is 30.0. The minimum absolute atomic E-state index is 0.370. The third kappa shape index (κ3) is 6.33. The van der Waals surface area contributed by atoms with Gasteiger partial charge in [0.15, 0.2) is 0 Å². The summed E-state index contributed by atoms with van der Waals surface area (Å²) in [5.41, 5.74) is 3.12. The molecule has 9 nitrogen and oxygen atoms in total. The van der Waals surface area contributed by atoms with Crippen molar-refractivity contribution in [1.82, 2.24) is 19.9 Å². The highest BCUT2D eigenvalue weighted by molar-refractivity contribution is 8.01. The first-order chi connectivity index (χ1) is 20.8. The van der Waals surface area contributed by atoms with Crippen molar-refractivity contribution in [3.05, 3.63) is 89.7 Å². The van der Waals surface area contributed by atoms with Gasteiger partial charge in [-0.05, 0) is 55.3 Å². The molecule has 0 aliphatic carbocycles. The number of rotatable bonds is 8. The standard InChI is InChI=1S/C30H27F2N7O2S2/c1-19-35-27(20-5-3-6-21(17-20)38-43(2,40)29-23(31)7-4-8-24(29)32)28(42-19)25-11-12-33-30(37-25)36-22-9-10-26(34-18-22)39-13-15-41-16-14-39/h3-12,17-18H,2,13-16H2,1H3,(H,38,40)(H,33,36,37). The van der Waals surface area contributed by atoms with Gasteiger partial charge < -0.3 is 19.7 Å². The van der Waals surface area contributed by atoms with E-state index in [0.717, 1.165) is 46.6 Å². The third-order valence-electron chi connectivity index (χ3n) is 6.63. The van der Waals surface area contributed by atoms with Gasteiger partial charge in [0.2, 0.25) is 5.95 Å². The monoisotopic (exact) mass is 619 g/mol. The van der Waals surface area contributed by atoms with Crippen molar-refractivity contribution in [2.75, 3.05) is 41.2 Å². The Bertz CT molecular complexity index is 1860. The Morgan fingerprint density at radius 2 is 1.74 bits per heavy atom. The Morgan fingerprint density at radius 1 is 0.977 bits per heavy atom. The highest BCUT2D eigenvalue weighted by atomic mass is 32.2. The third-order valence-corrected chi connectivity index (χ3v) is 9.24. The molecule has 0 saturated carbocycles. The Hall–Kier alpha value is -4.46. The average molecular weight is 620 g/mol. The van der Waals surface area contributed by atoms with Crippen LogP contribution in [0.4, 0.5) is 31.9 Å². The summed E-state index contributed by atoms with van der Waals surface area (Å²) in [4.78, 5) is 20.8. The molecule has 1 unspecified atom stereocenters. The molecule has 0 bridgehead atoms. The molecular weight excluding hydrogens is 593 g/mol. The first-order valence-electron chi connectivity index (χ1n) is 13.3. The molecule has 1 aliphatic rings. The van der Waals surface area contributed by atoms with E-state index in [-0.39, 0.29) is 0 Å². The number of thiazole rings is 1. The molecule has 13 heteroatoms. The summed E-state index contributed by atoms with van der Waals surface area (Å²) in [6, 6.07) is 15.9. The van der Waals surface area contributed by atoms with Gasteiger partial charge in [0, 0.05) is 30.5 Å². The molecule has 0 radical (unpaired) electrons. The molecular formula is C30H27F2N7O2S2. The maximum absolute atomic E-state index is 14.4. The van der Waals surface area contributed by atoms with Crippen LogP contribution in [0.5, 0.6) is 0 Å². The van der Waals surface area contributed by atoms with Crippen molar-refractivity contribution >= 4 is 50.1 Å². The zero-order valence-corrected chi connectivity index (χ0v) is 24.7. The number of aromatic nitrogens is 4. The molecule has 1 saturated heterocycles. The van der Waals surface area contributed by atoms with Gasteiger partial charge in [0.25, 0.3) is 0 Å². The number of morpholine rings is 1. The van der Waals surface area contributed by atoms with Crippen LogP contribution in [0.1, 0.15) is 5.01 Å². The van der Waals surface area contributed by atoms with Crippen molar-refractivity contribution in [2.24, 2.45) is 0 Å². The van der Waals surface area contributed by atoms with Crippen LogP contribution < -0.4 is 14.9 Å². The predicted molar refractivity (Wildman–Crippen MR) is 167 cm³/mol. The maximum atomic E-state index is 14.4. The second-order valence-corrected chi connectivity index (χ2v) is 12.9. The van der Waals surface area contributed by atoms with E-state index < -0.39 is 26.2 Å². The van der Waals surface area contributed by atoms with Crippen molar-refractivity contribution < 1.29 is 17.7 Å². The second-order valence-electron chi connectivity index (χ2n) is 9.71. The van der Waals surface area contributed by atoms with E-state index in [9.17, 15) is 13.0 Å². The lowest BCUT2D eigenvalue weighted by Crippen LogP contribution is -2.36. The first-order valence-corrected chi connectivity index (χ1v) is 15.9. The minimum Gasteiger partial charge on any atom is -0.378 e. The van der Waals surface area contributed by atoms with Gasteiger partial charge in [-0.25, -0.2) is 32.9 Å². The number of aryl methyl sites for hydroxylation is 1. The van der Waals surface area contributed by atoms with Crippen LogP contribution in [0.15, 0.2) is 78.0 Å². The van der Waals surface area contributed by atoms with E-state index in [1.807, 2.05) is 25.1 Å². The summed E-state index contributed by atoms with van der Waals surface area (Å²) >= 11 is 1.47. The van der Waals surface area contributed by atoms with E-state index in [1.54, 1.807) is 36.7 Å². The van der Waals surface area contributed by atoms with Gasteiger partial charge >= 0.3 is 0 Å². The Labute approximate surface area is 251 Å². The molecule has 4 heterocycles. The number of anilines is 4. The van der Waals surface area contributed by atoms with E-state index in [4.69, 9.17) is 14.7 Å². The highest BCUT2D eigenvalue weighted by Gasteiger charge is 2.20. The van der Waals surface area contributed by atoms with E-state index in [2.05, 4.69) is 30.8 Å². The van der Waals surface area contributed by atoms with Crippen LogP contribution in [-0.4, -0.2) is 56.3 Å². The maximum Gasteiger partial charge on any atom is 0.227 e. The van der Waals surface area contributed by atoms with E-state index in [0.29, 0.717) is 41.8 Å². The lowest BCUT2D eigenvalue weighted by molar-refractivity contribution is 0.122. The Kier molecular flexibility index (Phi) is 8.02. The fourth-order valence-electron chi connectivity index (χ4n) is 4.68. The molecule has 2 N–H and O–H groups in total. The SMILES string of the molecule is C=S(=O)(Nc1cccc(-c2nc(C)sc2-c2ccnc(Nc3ccc(N4CCOCC4)nc3)n2)c1)c1c(F)cccc1F. The van der Waals surface area contributed by atoms with Crippen LogP contribution in [0.25, 0.3) is 21.8 Å². The molecule has 1 atom stereocenters. The fraction of sp³-hybridized carbons (Fsp3) is 0.167. The predicted octanol–water partition coefficient (Wildman–Crippen LogP) is 5.93. The number of benzene rings is 2. The molecule has 2 aromatic carbocycles. The lowest BCUT2D eigenvalue weighted by atomic mass is 10.1. The second kappa shape index (κ2) is 12.0. The molecule has 220 valence electrons. The van der Waals surface area contributed by atoms with Crippen LogP contribution in [0.2, 0.25) is 0 Å². The molecule has 0 amide bonds. The number of pyridine rings is 1. The number of nitrogens with zero attached hydrogens (tertiary/aromatic N) is 5. The summed E-state index contributed by atoms with van der Waals surface area (Å²) in [5.74, 6) is 3.01. The van der Waals surface area contributed by atoms with Crippen LogP contribution in [0, 0.1) is 18.6 Å². The largest absolute Gasteiger partial charge is 0.378 e. The fourth-order valence-corrected chi connectivity index (χ4v) is 6.97. The first kappa shape index (κ1) is 28.6. The van der Waals surface area contributed by atoms with Crippen LogP contribution >= 0.6 is 11.3 Å². The summed E-state index contributed by atoms with van der Waals surface area (Å²) in [6.45, 7) is 4.88. The van der Waals surface area contributed by atoms with Crippen LogP contribution in [-0.2, 0) is 14.4 Å². The zero-order valence-electron chi connectivity index (χ0n) is 23.1. The number of hydrogen-bond donors (Lipinski definition) is 2.